The molecule has 1 fully saturated rings. The summed E-state index contributed by atoms with van der Waals surface area (Å²) in [5.41, 5.74) is -0.462. The first-order valence-electron chi connectivity index (χ1n) is 5.80. The smallest absolute Gasteiger partial charge is 0.159 e. The lowest BCUT2D eigenvalue weighted by molar-refractivity contribution is 0.464. The van der Waals surface area contributed by atoms with Gasteiger partial charge in [0.2, 0.25) is 0 Å². The van der Waals surface area contributed by atoms with Gasteiger partial charge < -0.3 is 5.32 Å². The van der Waals surface area contributed by atoms with Crippen LogP contribution in [0.4, 0.5) is 8.78 Å². The van der Waals surface area contributed by atoms with E-state index < -0.39 is 17.2 Å². The van der Waals surface area contributed by atoms with E-state index in [9.17, 15) is 8.78 Å². The zero-order valence-electron chi connectivity index (χ0n) is 10.0. The first-order valence-corrected chi connectivity index (χ1v) is 6.68. The van der Waals surface area contributed by atoms with Crippen LogP contribution in [0.3, 0.4) is 0 Å². The molecular formula is C13H14F2N2S. The van der Waals surface area contributed by atoms with E-state index in [1.807, 2.05) is 0 Å². The van der Waals surface area contributed by atoms with Crippen LogP contribution in [0.25, 0.3) is 0 Å². The highest BCUT2D eigenvalue weighted by Crippen LogP contribution is 2.39. The third-order valence-corrected chi connectivity index (χ3v) is 4.62. The molecular weight excluding hydrogens is 254 g/mol. The second-order valence-corrected chi connectivity index (χ2v) is 5.88. The Hall–Kier alpha value is -1.12. The summed E-state index contributed by atoms with van der Waals surface area (Å²) in [5, 5.41) is 12.5. The zero-order valence-corrected chi connectivity index (χ0v) is 10.9. The number of halogens is 2. The van der Waals surface area contributed by atoms with E-state index in [-0.39, 0.29) is 5.25 Å². The minimum atomic E-state index is -0.827. The molecule has 0 spiro atoms. The van der Waals surface area contributed by atoms with Crippen molar-refractivity contribution in [3.8, 4) is 6.07 Å². The Morgan fingerprint density at radius 2 is 2.22 bits per heavy atom. The molecule has 5 heteroatoms. The van der Waals surface area contributed by atoms with Crippen molar-refractivity contribution < 1.29 is 8.78 Å². The molecule has 1 aliphatic carbocycles. The lowest BCUT2D eigenvalue weighted by Crippen LogP contribution is -2.38. The highest BCUT2D eigenvalue weighted by atomic mass is 32.2. The van der Waals surface area contributed by atoms with E-state index in [0.29, 0.717) is 4.90 Å². The second-order valence-electron chi connectivity index (χ2n) is 4.50. The van der Waals surface area contributed by atoms with Gasteiger partial charge in [0.1, 0.15) is 5.54 Å². The summed E-state index contributed by atoms with van der Waals surface area (Å²) in [7, 11) is 1.79. The van der Waals surface area contributed by atoms with Crippen molar-refractivity contribution in [3.05, 3.63) is 29.8 Å². The third kappa shape index (κ3) is 2.65. The number of benzene rings is 1. The molecule has 0 heterocycles. The maximum atomic E-state index is 13.1. The van der Waals surface area contributed by atoms with Gasteiger partial charge in [-0.3, -0.25) is 0 Å². The Morgan fingerprint density at radius 1 is 1.44 bits per heavy atom. The van der Waals surface area contributed by atoms with Crippen molar-refractivity contribution >= 4 is 11.8 Å². The number of rotatable bonds is 3. The van der Waals surface area contributed by atoms with Gasteiger partial charge in [-0.05, 0) is 44.5 Å². The molecule has 1 aliphatic rings. The molecule has 0 bridgehead atoms. The Morgan fingerprint density at radius 3 is 2.78 bits per heavy atom. The first-order chi connectivity index (χ1) is 8.58. The van der Waals surface area contributed by atoms with Crippen LogP contribution in [-0.2, 0) is 0 Å². The molecule has 0 amide bonds. The molecule has 1 aromatic rings. The highest BCUT2D eigenvalue weighted by Gasteiger charge is 2.38. The van der Waals surface area contributed by atoms with Crippen LogP contribution in [0.15, 0.2) is 23.1 Å². The highest BCUT2D eigenvalue weighted by molar-refractivity contribution is 8.00. The zero-order chi connectivity index (χ0) is 13.2. The molecule has 0 aliphatic heterocycles. The number of hydrogen-bond donors (Lipinski definition) is 1. The minimum absolute atomic E-state index is 0.266. The van der Waals surface area contributed by atoms with E-state index in [0.717, 1.165) is 25.3 Å². The predicted molar refractivity (Wildman–Crippen MR) is 67.3 cm³/mol. The van der Waals surface area contributed by atoms with Gasteiger partial charge in [0, 0.05) is 10.1 Å². The topological polar surface area (TPSA) is 35.8 Å². The summed E-state index contributed by atoms with van der Waals surface area (Å²) >= 11 is 1.51. The molecule has 1 N–H and O–H groups in total. The van der Waals surface area contributed by atoms with Crippen LogP contribution in [-0.4, -0.2) is 17.8 Å². The molecule has 2 rings (SSSR count). The van der Waals surface area contributed by atoms with Gasteiger partial charge in [0.05, 0.1) is 6.07 Å². The van der Waals surface area contributed by atoms with Crippen LogP contribution in [0.5, 0.6) is 0 Å². The van der Waals surface area contributed by atoms with Crippen LogP contribution < -0.4 is 5.32 Å². The van der Waals surface area contributed by atoms with E-state index in [2.05, 4.69) is 11.4 Å². The monoisotopic (exact) mass is 268 g/mol. The van der Waals surface area contributed by atoms with Crippen molar-refractivity contribution in [2.45, 2.75) is 34.9 Å². The van der Waals surface area contributed by atoms with Gasteiger partial charge in [-0.15, -0.1) is 11.8 Å². The summed E-state index contributed by atoms with van der Waals surface area (Å²) in [4.78, 5) is 0.712. The summed E-state index contributed by atoms with van der Waals surface area (Å²) in [6.45, 7) is 0. The molecule has 2 nitrogen and oxygen atoms in total. The number of nitriles is 1. The molecule has 2 atom stereocenters. The van der Waals surface area contributed by atoms with Gasteiger partial charge in [-0.1, -0.05) is 0 Å². The fourth-order valence-corrected chi connectivity index (χ4v) is 3.53. The molecule has 1 saturated carbocycles. The van der Waals surface area contributed by atoms with Gasteiger partial charge in [-0.2, -0.15) is 5.26 Å². The SMILES string of the molecule is CNC1(C#N)CCC(Sc2ccc(F)c(F)c2)C1. The van der Waals surface area contributed by atoms with E-state index >= 15 is 0 Å². The van der Waals surface area contributed by atoms with Crippen molar-refractivity contribution in [1.29, 1.82) is 5.26 Å². The van der Waals surface area contributed by atoms with Crippen molar-refractivity contribution in [1.82, 2.24) is 5.32 Å². The molecule has 96 valence electrons. The lowest BCUT2D eigenvalue weighted by atomic mass is 10.0. The van der Waals surface area contributed by atoms with Crippen molar-refractivity contribution in [2.24, 2.45) is 0 Å². The van der Waals surface area contributed by atoms with Crippen molar-refractivity contribution in [3.63, 3.8) is 0 Å². The normalized spacial score (nSPS) is 27.1. The van der Waals surface area contributed by atoms with Gasteiger partial charge in [0.15, 0.2) is 11.6 Å². The largest absolute Gasteiger partial charge is 0.302 e. The fourth-order valence-electron chi connectivity index (χ4n) is 2.23. The Labute approximate surface area is 109 Å². The molecule has 2 unspecified atom stereocenters. The molecule has 1 aromatic carbocycles. The van der Waals surface area contributed by atoms with Crippen LogP contribution in [0.2, 0.25) is 0 Å². The minimum Gasteiger partial charge on any atom is -0.302 e. The van der Waals surface area contributed by atoms with Gasteiger partial charge in [0.25, 0.3) is 0 Å². The summed E-state index contributed by atoms with van der Waals surface area (Å²) < 4.78 is 25.9. The predicted octanol–water partition coefficient (Wildman–Crippen LogP) is 3.09. The summed E-state index contributed by atoms with van der Waals surface area (Å²) in [6.07, 6.45) is 2.42. The van der Waals surface area contributed by atoms with Crippen molar-refractivity contribution in [2.75, 3.05) is 7.05 Å². The molecule has 0 radical (unpaired) electrons. The van der Waals surface area contributed by atoms with Gasteiger partial charge in [-0.25, -0.2) is 8.78 Å². The Balaban J connectivity index is 2.04. The first kappa shape index (κ1) is 13.3. The lowest BCUT2D eigenvalue weighted by Gasteiger charge is -2.19. The number of nitrogens with one attached hydrogen (secondary N) is 1. The Kier molecular flexibility index (Phi) is 3.88. The number of thioether (sulfide) groups is 1. The fraction of sp³-hybridized carbons (Fsp3) is 0.462. The molecule has 0 saturated heterocycles. The third-order valence-electron chi connectivity index (χ3n) is 3.36. The van der Waals surface area contributed by atoms with E-state index in [4.69, 9.17) is 5.26 Å². The molecule has 18 heavy (non-hydrogen) atoms. The standard InChI is InChI=1S/C13H14F2N2S/c1-17-13(8-16)5-4-10(7-13)18-9-2-3-11(14)12(15)6-9/h2-3,6,10,17H,4-5,7H2,1H3. The van der Waals surface area contributed by atoms with Crippen LogP contribution >= 0.6 is 11.8 Å². The van der Waals surface area contributed by atoms with Gasteiger partial charge >= 0.3 is 0 Å². The Bertz CT molecular complexity index is 486. The van der Waals surface area contributed by atoms with E-state index in [1.165, 1.54) is 17.8 Å². The number of hydrogen-bond acceptors (Lipinski definition) is 3. The average Bonchev–Trinajstić information content (AvgIpc) is 2.78. The number of nitrogens with zero attached hydrogens (tertiary/aromatic N) is 1. The quantitative estimate of drug-likeness (QED) is 0.915. The maximum absolute atomic E-state index is 13.1. The maximum Gasteiger partial charge on any atom is 0.159 e. The second kappa shape index (κ2) is 5.25. The molecule has 0 aromatic heterocycles. The van der Waals surface area contributed by atoms with Crippen LogP contribution in [0.1, 0.15) is 19.3 Å². The van der Waals surface area contributed by atoms with E-state index in [1.54, 1.807) is 13.1 Å². The average molecular weight is 268 g/mol. The van der Waals surface area contributed by atoms with Crippen LogP contribution in [0, 0.1) is 23.0 Å². The summed E-state index contributed by atoms with van der Waals surface area (Å²) in [5.74, 6) is -1.65. The summed E-state index contributed by atoms with van der Waals surface area (Å²) in [6, 6.07) is 6.24.